The number of nitrogens with zero attached hydrogens (tertiary/aromatic N) is 7. The largest absolute Gasteiger partial charge is 0.432 e. The molecule has 3 aliphatic rings. The van der Waals surface area contributed by atoms with Crippen molar-refractivity contribution in [2.24, 2.45) is 11.8 Å². The third-order valence-electron chi connectivity index (χ3n) is 8.20. The van der Waals surface area contributed by atoms with Crippen LogP contribution in [0.3, 0.4) is 0 Å². The molecule has 1 amide bonds. The average molecular weight is 771 g/mol. The molecule has 268 valence electrons. The van der Waals surface area contributed by atoms with E-state index in [0.717, 1.165) is 0 Å². The van der Waals surface area contributed by atoms with E-state index in [4.69, 9.17) is 46.2 Å². The summed E-state index contributed by atoms with van der Waals surface area (Å²) in [6.45, 7) is -4.69. The lowest BCUT2D eigenvalue weighted by atomic mass is 10.1. The second-order valence-corrected chi connectivity index (χ2v) is 17.8. The maximum atomic E-state index is 16.0. The van der Waals surface area contributed by atoms with Crippen LogP contribution >= 0.6 is 13.4 Å². The molecule has 0 radical (unpaired) electrons. The maximum Gasteiger partial charge on any atom is 0.377 e. The predicted octanol–water partition coefficient (Wildman–Crippen LogP) is 3.15. The van der Waals surface area contributed by atoms with Crippen LogP contribution in [-0.4, -0.2) is 83.4 Å². The van der Waals surface area contributed by atoms with E-state index in [-0.39, 0.29) is 67.8 Å². The van der Waals surface area contributed by atoms with Gasteiger partial charge >= 0.3 is 13.4 Å². The van der Waals surface area contributed by atoms with Gasteiger partial charge in [0.15, 0.2) is 11.2 Å². The first-order valence-electron chi connectivity index (χ1n) is 15.5. The van der Waals surface area contributed by atoms with E-state index >= 15 is 4.39 Å². The quantitative estimate of drug-likeness (QED) is 0.190. The highest BCUT2D eigenvalue weighted by atomic mass is 32.5. The van der Waals surface area contributed by atoms with Gasteiger partial charge in [0.25, 0.3) is 5.56 Å². The van der Waals surface area contributed by atoms with Crippen LogP contribution in [0, 0.1) is 23.2 Å². The summed E-state index contributed by atoms with van der Waals surface area (Å²) in [6, 6.07) is 2.04. The molecule has 3 aromatic heterocycles. The van der Waals surface area contributed by atoms with E-state index in [1.54, 1.807) is 19.9 Å². The van der Waals surface area contributed by atoms with Gasteiger partial charge in [-0.05, 0) is 36.3 Å². The van der Waals surface area contributed by atoms with E-state index in [2.05, 4.69) is 40.9 Å². The molecule has 2 aliphatic carbocycles. The molecule has 4 heterocycles. The lowest BCUT2D eigenvalue weighted by Crippen LogP contribution is -2.34. The number of nitrogens with one attached hydrogen (secondary N) is 3. The van der Waals surface area contributed by atoms with Gasteiger partial charge < -0.3 is 28.3 Å². The third-order valence-corrected chi connectivity index (χ3v) is 12.0. The summed E-state index contributed by atoms with van der Waals surface area (Å²) in [6.07, 6.45) is 0.773. The Morgan fingerprint density at radius 3 is 2.90 bits per heavy atom. The Kier molecular flexibility index (Phi) is 11.0. The third kappa shape index (κ3) is 8.25. The van der Waals surface area contributed by atoms with Crippen molar-refractivity contribution in [1.29, 1.82) is 5.26 Å². The van der Waals surface area contributed by atoms with Gasteiger partial charge in [-0.15, -0.1) is 5.10 Å². The van der Waals surface area contributed by atoms with Crippen molar-refractivity contribution in [3.8, 4) is 6.07 Å². The van der Waals surface area contributed by atoms with Gasteiger partial charge in [0, 0.05) is 36.3 Å². The number of carbonyl (C=O) groups is 1. The number of amides is 1. The summed E-state index contributed by atoms with van der Waals surface area (Å²) < 4.78 is 47.3. The number of hydrogen-bond donors (Lipinski definition) is 4. The molecule has 0 saturated heterocycles. The molecule has 3 aromatic rings. The molecule has 6 rings (SSSR count). The van der Waals surface area contributed by atoms with Crippen LogP contribution in [0.1, 0.15) is 45.6 Å². The van der Waals surface area contributed by atoms with Gasteiger partial charge in [-0.25, -0.2) is 19.0 Å². The number of nitriles is 1. The zero-order valence-electron chi connectivity index (χ0n) is 26.6. The first kappa shape index (κ1) is 36.5. The van der Waals surface area contributed by atoms with Crippen LogP contribution in [0.2, 0.25) is 0 Å². The van der Waals surface area contributed by atoms with Gasteiger partial charge in [0.2, 0.25) is 11.9 Å². The van der Waals surface area contributed by atoms with Crippen LogP contribution in [0.4, 0.5) is 16.2 Å². The summed E-state index contributed by atoms with van der Waals surface area (Å²) in [5, 5.41) is 23.0. The maximum absolute atomic E-state index is 16.0. The van der Waals surface area contributed by atoms with Crippen LogP contribution in [0.15, 0.2) is 35.2 Å². The second kappa shape index (κ2) is 15.1. The van der Waals surface area contributed by atoms with Gasteiger partial charge in [0.1, 0.15) is 24.4 Å². The van der Waals surface area contributed by atoms with Crippen molar-refractivity contribution in [2.75, 3.05) is 23.8 Å². The summed E-state index contributed by atoms with van der Waals surface area (Å²) in [7, 11) is 0. The Labute approximate surface area is 294 Å². The van der Waals surface area contributed by atoms with Crippen molar-refractivity contribution in [2.45, 2.75) is 70.0 Å². The molecule has 2 bridgehead atoms. The minimum atomic E-state index is -4.06. The number of H-pyrrole nitrogens is 1. The van der Waals surface area contributed by atoms with E-state index in [0.29, 0.717) is 11.4 Å². The van der Waals surface area contributed by atoms with Crippen LogP contribution in [-0.2, 0) is 51.0 Å². The molecule has 23 heteroatoms. The normalized spacial score (nSPS) is 32.4. The average Bonchev–Trinajstić information content (AvgIpc) is 3.75. The zero-order chi connectivity index (χ0) is 35.6. The number of aromatic nitrogens is 7. The first-order chi connectivity index (χ1) is 23.8. The molecule has 50 heavy (non-hydrogen) atoms. The molecular weight excluding hydrogens is 737 g/mol. The number of halogens is 1. The van der Waals surface area contributed by atoms with Crippen LogP contribution < -0.4 is 16.2 Å². The molecule has 2 fully saturated rings. The van der Waals surface area contributed by atoms with E-state index in [1.807, 2.05) is 6.07 Å². The van der Waals surface area contributed by atoms with Crippen molar-refractivity contribution < 1.29 is 36.7 Å². The number of anilines is 2. The van der Waals surface area contributed by atoms with Crippen molar-refractivity contribution in [3.63, 3.8) is 0 Å². The Hall–Kier alpha value is -3.31. The fraction of sp³-hybridized carbons (Fsp3) is 0.556. The Morgan fingerprint density at radius 2 is 2.16 bits per heavy atom. The number of carbonyl (C=O) groups excluding carboxylic acids is 1. The zero-order valence-corrected chi connectivity index (χ0v) is 30.0. The minimum Gasteiger partial charge on any atom is -0.432 e. The standard InChI is InChI=1S/C27H33FN10O8P2S2/c1-14(2)25(39)34-27-33-24-22(26(40)35-27)36-37-38(24)18-8-15-9-19(18)45-48(50,42-7-3-5-29)44-12-16-10-17(32-20-4-6-30-13-31-20)21(28)23(16)46-47(41,49)43-11-15/h4,6,11,13-14,16-19,21,23H,3,7-10,12H2,1-2H3,(H,41,49)(H,30,31,32)(H2,33,34,35,39,40)/b15-11-/t16-,17-,18-,19-,21+,23-,47?,48?/m1/s1. The number of alkyl halides is 1. The Bertz CT molecular complexity index is 1960. The Morgan fingerprint density at radius 1 is 1.34 bits per heavy atom. The van der Waals surface area contributed by atoms with Crippen LogP contribution in [0.25, 0.3) is 11.2 Å². The smallest absolute Gasteiger partial charge is 0.377 e. The van der Waals surface area contributed by atoms with E-state index in [9.17, 15) is 19.7 Å². The summed E-state index contributed by atoms with van der Waals surface area (Å²) in [5.41, 5.74) is -0.106. The second-order valence-electron chi connectivity index (χ2n) is 12.1. The topological polar surface area (TPSA) is 234 Å². The van der Waals surface area contributed by atoms with Gasteiger partial charge in [-0.3, -0.25) is 24.4 Å². The summed E-state index contributed by atoms with van der Waals surface area (Å²) >= 11 is 11.1. The highest BCUT2D eigenvalue weighted by molar-refractivity contribution is 8.07. The monoisotopic (exact) mass is 770 g/mol. The predicted molar refractivity (Wildman–Crippen MR) is 182 cm³/mol. The van der Waals surface area contributed by atoms with E-state index < -0.39 is 55.4 Å². The molecular formula is C27H33FN10O8P2S2. The SMILES string of the molecule is CC(C)C(=O)Nc1nc2c(nnn2[C@@H]2C/C3=C/OP(O)(=S)O[C@@H]4[C@@H](COP(=S)(OCCC#N)O[C@@H]2C3)C[C@@H](Nc2ccncn2)[C@@H]4F)c(=O)[nH]1. The van der Waals surface area contributed by atoms with Crippen molar-refractivity contribution in [1.82, 2.24) is 34.9 Å². The fourth-order valence-corrected chi connectivity index (χ4v) is 9.30. The summed E-state index contributed by atoms with van der Waals surface area (Å²) in [5.74, 6) is -1.18. The molecule has 0 spiro atoms. The van der Waals surface area contributed by atoms with E-state index in [1.165, 1.54) is 23.5 Å². The van der Waals surface area contributed by atoms with Gasteiger partial charge in [0.05, 0.1) is 50.2 Å². The number of hydrogen-bond acceptors (Lipinski definition) is 16. The minimum absolute atomic E-state index is 0.0103. The van der Waals surface area contributed by atoms with Gasteiger partial charge in [-0.2, -0.15) is 10.2 Å². The number of rotatable bonds is 8. The fourth-order valence-electron chi connectivity index (χ4n) is 5.77. The summed E-state index contributed by atoms with van der Waals surface area (Å²) in [4.78, 5) is 51.2. The van der Waals surface area contributed by atoms with Crippen LogP contribution in [0.5, 0.6) is 0 Å². The molecule has 0 aromatic carbocycles. The lowest BCUT2D eigenvalue weighted by molar-refractivity contribution is -0.118. The molecule has 4 N–H and O–H groups in total. The van der Waals surface area contributed by atoms with Crippen molar-refractivity contribution in [3.05, 3.63) is 40.8 Å². The molecule has 2 unspecified atom stereocenters. The molecule has 2 saturated carbocycles. The number of aromatic amines is 1. The lowest BCUT2D eigenvalue weighted by Gasteiger charge is -2.30. The highest BCUT2D eigenvalue weighted by Crippen LogP contribution is 2.57. The number of fused-ring (bicyclic) bond motifs is 4. The van der Waals surface area contributed by atoms with Crippen molar-refractivity contribution >= 4 is 65.9 Å². The Balaban J connectivity index is 1.33. The molecule has 1 aliphatic heterocycles. The first-order valence-corrected chi connectivity index (χ1v) is 20.6. The molecule has 8 atom stereocenters. The van der Waals surface area contributed by atoms with Gasteiger partial charge in [-0.1, -0.05) is 19.1 Å². The highest BCUT2D eigenvalue weighted by Gasteiger charge is 2.49. The molecule has 18 nitrogen and oxygen atoms in total.